The van der Waals surface area contributed by atoms with Crippen molar-refractivity contribution >= 4 is 15.9 Å². The Kier molecular flexibility index (Phi) is 4.77. The van der Waals surface area contributed by atoms with Gasteiger partial charge >= 0.3 is 0 Å². The van der Waals surface area contributed by atoms with E-state index in [4.69, 9.17) is 10.5 Å². The molecular formula is C12H18BrNO2. The third kappa shape index (κ3) is 2.56. The Balaban J connectivity index is 3.25. The summed E-state index contributed by atoms with van der Waals surface area (Å²) in [4.78, 5) is 0. The number of methoxy groups -OCH3 is 1. The summed E-state index contributed by atoms with van der Waals surface area (Å²) < 4.78 is 6.28. The van der Waals surface area contributed by atoms with Crippen LogP contribution in [-0.4, -0.2) is 18.8 Å². The maximum Gasteiger partial charge on any atom is 0.136 e. The summed E-state index contributed by atoms with van der Waals surface area (Å²) in [6, 6.07) is 1.97. The van der Waals surface area contributed by atoms with Crippen molar-refractivity contribution in [2.75, 3.05) is 13.7 Å². The number of ether oxygens (including phenoxy) is 1. The molecule has 4 heteroatoms. The van der Waals surface area contributed by atoms with Crippen LogP contribution in [0.2, 0.25) is 0 Å². The summed E-state index contributed by atoms with van der Waals surface area (Å²) in [6.45, 7) is 4.39. The topological polar surface area (TPSA) is 55.5 Å². The molecule has 0 aliphatic carbocycles. The molecule has 0 aliphatic heterocycles. The molecule has 90 valence electrons. The molecule has 0 aliphatic rings. The van der Waals surface area contributed by atoms with Crippen molar-refractivity contribution in [1.29, 1.82) is 0 Å². The van der Waals surface area contributed by atoms with Crippen LogP contribution in [0.25, 0.3) is 0 Å². The van der Waals surface area contributed by atoms with E-state index in [0.29, 0.717) is 13.0 Å². The standard InChI is InChI=1S/C12H18BrNO2/c1-7-6-9(10(15)4-5-14)8(2)12(16-3)11(7)13/h6,10,15H,4-5,14H2,1-3H3. The van der Waals surface area contributed by atoms with Crippen LogP contribution in [0, 0.1) is 13.8 Å². The molecule has 0 spiro atoms. The van der Waals surface area contributed by atoms with Crippen LogP contribution in [0.1, 0.15) is 29.2 Å². The second kappa shape index (κ2) is 5.66. The molecule has 1 rings (SSSR count). The number of aliphatic hydroxyl groups excluding tert-OH is 1. The van der Waals surface area contributed by atoms with E-state index in [2.05, 4.69) is 15.9 Å². The highest BCUT2D eigenvalue weighted by Crippen LogP contribution is 2.36. The third-order valence-corrected chi connectivity index (χ3v) is 3.68. The Bertz CT molecular complexity index is 380. The fourth-order valence-electron chi connectivity index (χ4n) is 1.78. The van der Waals surface area contributed by atoms with Crippen LogP contribution in [0.15, 0.2) is 10.5 Å². The van der Waals surface area contributed by atoms with Crippen LogP contribution in [-0.2, 0) is 0 Å². The van der Waals surface area contributed by atoms with E-state index in [-0.39, 0.29) is 0 Å². The van der Waals surface area contributed by atoms with Gasteiger partial charge in [-0.15, -0.1) is 0 Å². The minimum Gasteiger partial charge on any atom is -0.495 e. The summed E-state index contributed by atoms with van der Waals surface area (Å²) in [5.41, 5.74) is 8.36. The number of aryl methyl sites for hydroxylation is 1. The van der Waals surface area contributed by atoms with Gasteiger partial charge in [-0.2, -0.15) is 0 Å². The molecule has 0 saturated carbocycles. The van der Waals surface area contributed by atoms with Crippen molar-refractivity contribution in [1.82, 2.24) is 0 Å². The molecule has 3 nitrogen and oxygen atoms in total. The fraction of sp³-hybridized carbons (Fsp3) is 0.500. The van der Waals surface area contributed by atoms with Crippen LogP contribution in [0.4, 0.5) is 0 Å². The van der Waals surface area contributed by atoms with Gasteiger partial charge in [0.2, 0.25) is 0 Å². The summed E-state index contributed by atoms with van der Waals surface area (Å²) in [6.07, 6.45) is 0.0381. The average Bonchev–Trinajstić information content (AvgIpc) is 2.24. The molecule has 3 N–H and O–H groups in total. The molecule has 16 heavy (non-hydrogen) atoms. The lowest BCUT2D eigenvalue weighted by atomic mass is 9.98. The van der Waals surface area contributed by atoms with Crippen molar-refractivity contribution in [3.8, 4) is 5.75 Å². The Morgan fingerprint density at radius 2 is 2.12 bits per heavy atom. The Morgan fingerprint density at radius 1 is 1.50 bits per heavy atom. The summed E-state index contributed by atoms with van der Waals surface area (Å²) in [7, 11) is 1.63. The number of aliphatic hydroxyl groups is 1. The van der Waals surface area contributed by atoms with E-state index in [1.54, 1.807) is 7.11 Å². The quantitative estimate of drug-likeness (QED) is 0.894. The SMILES string of the molecule is COc1c(C)c(C(O)CCN)cc(C)c1Br. The van der Waals surface area contributed by atoms with Crippen molar-refractivity contribution < 1.29 is 9.84 Å². The highest BCUT2D eigenvalue weighted by Gasteiger charge is 2.17. The van der Waals surface area contributed by atoms with Crippen molar-refractivity contribution in [3.63, 3.8) is 0 Å². The van der Waals surface area contributed by atoms with Crippen LogP contribution in [0.3, 0.4) is 0 Å². The molecule has 1 unspecified atom stereocenters. The van der Waals surface area contributed by atoms with Gasteiger partial charge in [-0.1, -0.05) is 6.07 Å². The first kappa shape index (κ1) is 13.5. The minimum absolute atomic E-state index is 0.470. The van der Waals surface area contributed by atoms with Crippen LogP contribution >= 0.6 is 15.9 Å². The molecule has 1 aromatic rings. The first-order chi connectivity index (χ1) is 7.52. The highest BCUT2D eigenvalue weighted by atomic mass is 79.9. The smallest absolute Gasteiger partial charge is 0.136 e. The van der Waals surface area contributed by atoms with Gasteiger partial charge < -0.3 is 15.6 Å². The van der Waals surface area contributed by atoms with Gasteiger partial charge in [-0.05, 0) is 59.4 Å². The molecule has 0 radical (unpaired) electrons. The predicted molar refractivity (Wildman–Crippen MR) is 68.8 cm³/mol. The lowest BCUT2D eigenvalue weighted by Gasteiger charge is -2.18. The van der Waals surface area contributed by atoms with E-state index in [9.17, 15) is 5.11 Å². The maximum atomic E-state index is 9.99. The zero-order chi connectivity index (χ0) is 12.3. The normalized spacial score (nSPS) is 12.6. The van der Waals surface area contributed by atoms with Crippen molar-refractivity contribution in [2.24, 2.45) is 5.73 Å². The van der Waals surface area contributed by atoms with Crippen LogP contribution in [0.5, 0.6) is 5.75 Å². The molecular weight excluding hydrogens is 270 g/mol. The van der Waals surface area contributed by atoms with Gasteiger partial charge in [-0.25, -0.2) is 0 Å². The Morgan fingerprint density at radius 3 is 2.62 bits per heavy atom. The molecule has 0 bridgehead atoms. The molecule has 0 aromatic heterocycles. The van der Waals surface area contributed by atoms with Crippen molar-refractivity contribution in [3.05, 3.63) is 27.2 Å². The molecule has 0 saturated heterocycles. The number of hydrogen-bond acceptors (Lipinski definition) is 3. The lowest BCUT2D eigenvalue weighted by Crippen LogP contribution is -2.09. The summed E-state index contributed by atoms with van der Waals surface area (Å²) >= 11 is 3.48. The number of benzene rings is 1. The fourth-order valence-corrected chi connectivity index (χ4v) is 2.36. The zero-order valence-corrected chi connectivity index (χ0v) is 11.5. The van der Waals surface area contributed by atoms with Gasteiger partial charge in [0.05, 0.1) is 17.7 Å². The lowest BCUT2D eigenvalue weighted by molar-refractivity contribution is 0.169. The third-order valence-electron chi connectivity index (χ3n) is 2.69. The van der Waals surface area contributed by atoms with E-state index in [1.807, 2.05) is 19.9 Å². The monoisotopic (exact) mass is 287 g/mol. The Hall–Kier alpha value is -0.580. The average molecular weight is 288 g/mol. The van der Waals surface area contributed by atoms with E-state index < -0.39 is 6.10 Å². The zero-order valence-electron chi connectivity index (χ0n) is 9.88. The molecule has 0 fully saturated rings. The molecule has 0 amide bonds. The number of rotatable bonds is 4. The van der Waals surface area contributed by atoms with Gasteiger partial charge in [0.25, 0.3) is 0 Å². The first-order valence-electron chi connectivity index (χ1n) is 5.24. The molecule has 1 aromatic carbocycles. The van der Waals surface area contributed by atoms with Crippen LogP contribution < -0.4 is 10.5 Å². The highest BCUT2D eigenvalue weighted by molar-refractivity contribution is 9.10. The summed E-state index contributed by atoms with van der Waals surface area (Å²) in [5.74, 6) is 0.783. The molecule has 0 heterocycles. The van der Waals surface area contributed by atoms with E-state index >= 15 is 0 Å². The van der Waals surface area contributed by atoms with Crippen molar-refractivity contribution in [2.45, 2.75) is 26.4 Å². The second-order valence-electron chi connectivity index (χ2n) is 3.85. The van der Waals surface area contributed by atoms with Gasteiger partial charge in [-0.3, -0.25) is 0 Å². The van der Waals surface area contributed by atoms with E-state index in [1.165, 1.54) is 0 Å². The molecule has 1 atom stereocenters. The van der Waals surface area contributed by atoms with E-state index in [0.717, 1.165) is 26.9 Å². The van der Waals surface area contributed by atoms with Gasteiger partial charge in [0.1, 0.15) is 5.75 Å². The predicted octanol–water partition coefficient (Wildman–Crippen LogP) is 2.46. The van der Waals surface area contributed by atoms with Gasteiger partial charge in [0.15, 0.2) is 0 Å². The first-order valence-corrected chi connectivity index (χ1v) is 6.04. The number of halogens is 1. The minimum atomic E-state index is -0.523. The second-order valence-corrected chi connectivity index (χ2v) is 4.64. The summed E-state index contributed by atoms with van der Waals surface area (Å²) in [5, 5.41) is 9.99. The largest absolute Gasteiger partial charge is 0.495 e. The number of hydrogen-bond donors (Lipinski definition) is 2. The maximum absolute atomic E-state index is 9.99. The number of nitrogens with two attached hydrogens (primary N) is 1. The van der Waals surface area contributed by atoms with Gasteiger partial charge in [0, 0.05) is 0 Å². The Labute approximate surface area is 105 Å².